The van der Waals surface area contributed by atoms with Crippen molar-refractivity contribution in [2.45, 2.75) is 26.7 Å². The Morgan fingerprint density at radius 2 is 2.09 bits per heavy atom. The molecule has 5 heteroatoms. The van der Waals surface area contributed by atoms with Crippen LogP contribution in [0.25, 0.3) is 16.7 Å². The molecule has 116 valence electrons. The lowest BCUT2D eigenvalue weighted by Crippen LogP contribution is -2.08. The first kappa shape index (κ1) is 15.0. The number of carbonyl (C=O) groups excluding carboxylic acids is 1. The Balaban J connectivity index is 2.30. The second-order valence-corrected chi connectivity index (χ2v) is 5.51. The van der Waals surface area contributed by atoms with E-state index in [2.05, 4.69) is 11.1 Å². The minimum absolute atomic E-state index is 0.252. The summed E-state index contributed by atoms with van der Waals surface area (Å²) in [6, 6.07) is 10.1. The highest BCUT2D eigenvalue weighted by atomic mass is 16.5. The van der Waals surface area contributed by atoms with Crippen LogP contribution in [0.5, 0.6) is 0 Å². The molecule has 3 aromatic rings. The summed E-state index contributed by atoms with van der Waals surface area (Å²) in [7, 11) is 1.38. The largest absolute Gasteiger partial charge is 0.469 e. The third kappa shape index (κ3) is 2.33. The van der Waals surface area contributed by atoms with Gasteiger partial charge in [-0.15, -0.1) is 0 Å². The van der Waals surface area contributed by atoms with Gasteiger partial charge in [0, 0.05) is 12.1 Å². The summed E-state index contributed by atoms with van der Waals surface area (Å²) >= 11 is 0. The fourth-order valence-electron chi connectivity index (χ4n) is 3.09. The number of ether oxygens (including phenoxy) is 1. The molecular formula is C18H17N3O2. The van der Waals surface area contributed by atoms with E-state index in [1.54, 1.807) is 0 Å². The Bertz CT molecular complexity index is 964. The van der Waals surface area contributed by atoms with Crippen molar-refractivity contribution in [3.05, 3.63) is 46.6 Å². The van der Waals surface area contributed by atoms with Gasteiger partial charge in [0.15, 0.2) is 5.65 Å². The van der Waals surface area contributed by atoms with E-state index in [0.717, 1.165) is 27.9 Å². The standard InChI is InChI=1S/C18H17N3O2/c1-11-13(8-9-17(22)23-3)12(2)21-16-7-5-4-6-15(16)20-18(21)14(11)10-19/h4-7H,8-9H2,1-3H3. The highest BCUT2D eigenvalue weighted by Gasteiger charge is 2.18. The zero-order chi connectivity index (χ0) is 16.6. The molecule has 23 heavy (non-hydrogen) atoms. The molecule has 0 saturated carbocycles. The second kappa shape index (κ2) is 5.73. The number of rotatable bonds is 3. The molecule has 0 unspecified atom stereocenters. The van der Waals surface area contributed by atoms with Gasteiger partial charge in [-0.3, -0.25) is 9.20 Å². The van der Waals surface area contributed by atoms with E-state index in [0.29, 0.717) is 24.1 Å². The highest BCUT2D eigenvalue weighted by Crippen LogP contribution is 2.28. The molecule has 3 rings (SSSR count). The first-order valence-corrected chi connectivity index (χ1v) is 7.44. The number of esters is 1. The maximum absolute atomic E-state index is 11.5. The minimum Gasteiger partial charge on any atom is -0.469 e. The molecule has 0 amide bonds. The van der Waals surface area contributed by atoms with E-state index < -0.39 is 0 Å². The predicted molar refractivity (Wildman–Crippen MR) is 87.2 cm³/mol. The molecule has 0 aliphatic rings. The fourth-order valence-corrected chi connectivity index (χ4v) is 3.09. The third-order valence-electron chi connectivity index (χ3n) is 4.30. The van der Waals surface area contributed by atoms with Crippen LogP contribution in [0.15, 0.2) is 24.3 Å². The number of hydrogen-bond acceptors (Lipinski definition) is 4. The molecule has 5 nitrogen and oxygen atoms in total. The van der Waals surface area contributed by atoms with Crippen LogP contribution in [0.1, 0.15) is 28.8 Å². The number of fused-ring (bicyclic) bond motifs is 3. The van der Waals surface area contributed by atoms with E-state index >= 15 is 0 Å². The van der Waals surface area contributed by atoms with Crippen molar-refractivity contribution >= 4 is 22.6 Å². The molecule has 0 saturated heterocycles. The maximum atomic E-state index is 11.5. The lowest BCUT2D eigenvalue weighted by molar-refractivity contribution is -0.140. The number of imidazole rings is 1. The zero-order valence-corrected chi connectivity index (χ0v) is 13.4. The van der Waals surface area contributed by atoms with E-state index in [9.17, 15) is 10.1 Å². The molecule has 0 fully saturated rings. The molecule has 0 bridgehead atoms. The Morgan fingerprint density at radius 3 is 2.78 bits per heavy atom. The van der Waals surface area contributed by atoms with Crippen LogP contribution in [0, 0.1) is 25.2 Å². The lowest BCUT2D eigenvalue weighted by Gasteiger charge is -2.14. The van der Waals surface area contributed by atoms with Gasteiger partial charge in [0.05, 0.1) is 23.7 Å². The number of para-hydroxylation sites is 2. The van der Waals surface area contributed by atoms with Gasteiger partial charge in [-0.1, -0.05) is 12.1 Å². The van der Waals surface area contributed by atoms with E-state index in [4.69, 9.17) is 4.74 Å². The number of carbonyl (C=O) groups is 1. The van der Waals surface area contributed by atoms with Crippen LogP contribution in [0.2, 0.25) is 0 Å². The number of pyridine rings is 1. The van der Waals surface area contributed by atoms with Gasteiger partial charge in [-0.2, -0.15) is 5.26 Å². The molecule has 1 aromatic carbocycles. The normalized spacial score (nSPS) is 10.9. The van der Waals surface area contributed by atoms with Gasteiger partial charge in [0.1, 0.15) is 6.07 Å². The maximum Gasteiger partial charge on any atom is 0.305 e. The second-order valence-electron chi connectivity index (χ2n) is 5.51. The minimum atomic E-state index is -0.252. The summed E-state index contributed by atoms with van der Waals surface area (Å²) < 4.78 is 6.74. The summed E-state index contributed by atoms with van der Waals surface area (Å²) in [5.41, 5.74) is 5.96. The van der Waals surface area contributed by atoms with Gasteiger partial charge in [-0.25, -0.2) is 4.98 Å². The molecule has 2 heterocycles. The number of aromatic nitrogens is 2. The zero-order valence-electron chi connectivity index (χ0n) is 13.4. The van der Waals surface area contributed by atoms with Crippen molar-refractivity contribution < 1.29 is 9.53 Å². The number of nitriles is 1. The van der Waals surface area contributed by atoms with E-state index in [1.165, 1.54) is 7.11 Å². The first-order valence-electron chi connectivity index (χ1n) is 7.44. The van der Waals surface area contributed by atoms with E-state index in [-0.39, 0.29) is 5.97 Å². The van der Waals surface area contributed by atoms with Crippen molar-refractivity contribution in [1.29, 1.82) is 5.26 Å². The summed E-state index contributed by atoms with van der Waals surface area (Å²) in [4.78, 5) is 16.1. The quantitative estimate of drug-likeness (QED) is 0.697. The SMILES string of the molecule is COC(=O)CCc1c(C)c(C#N)c2nc3ccccc3n2c1C. The van der Waals surface area contributed by atoms with Crippen molar-refractivity contribution in [1.82, 2.24) is 9.38 Å². The molecule has 0 aliphatic carbocycles. The Kier molecular flexibility index (Phi) is 3.75. The van der Waals surface area contributed by atoms with Crippen LogP contribution in [-0.4, -0.2) is 22.5 Å². The van der Waals surface area contributed by atoms with Crippen LogP contribution in [0.3, 0.4) is 0 Å². The van der Waals surface area contributed by atoms with Crippen molar-refractivity contribution in [2.24, 2.45) is 0 Å². The first-order chi connectivity index (χ1) is 11.1. The van der Waals surface area contributed by atoms with Crippen LogP contribution in [0.4, 0.5) is 0 Å². The third-order valence-corrected chi connectivity index (χ3v) is 4.30. The Hall–Kier alpha value is -2.87. The topological polar surface area (TPSA) is 67.4 Å². The van der Waals surface area contributed by atoms with Gasteiger partial charge in [-0.05, 0) is 43.5 Å². The molecule has 0 spiro atoms. The van der Waals surface area contributed by atoms with Gasteiger partial charge in [0.2, 0.25) is 0 Å². The average molecular weight is 307 g/mol. The number of benzene rings is 1. The molecule has 0 radical (unpaired) electrons. The number of methoxy groups -OCH3 is 1. The predicted octanol–water partition coefficient (Wildman–Crippen LogP) is 3.08. The van der Waals surface area contributed by atoms with Crippen molar-refractivity contribution in [3.8, 4) is 6.07 Å². The molecule has 0 N–H and O–H groups in total. The van der Waals surface area contributed by atoms with Crippen molar-refractivity contribution in [3.63, 3.8) is 0 Å². The van der Waals surface area contributed by atoms with Gasteiger partial charge in [0.25, 0.3) is 0 Å². The summed E-state index contributed by atoms with van der Waals surface area (Å²) in [5, 5.41) is 9.59. The molecule has 0 atom stereocenters. The lowest BCUT2D eigenvalue weighted by atomic mass is 9.98. The van der Waals surface area contributed by atoms with Crippen LogP contribution in [-0.2, 0) is 16.0 Å². The summed E-state index contributed by atoms with van der Waals surface area (Å²) in [6.07, 6.45) is 0.836. The van der Waals surface area contributed by atoms with Crippen LogP contribution >= 0.6 is 0 Å². The number of nitrogens with zero attached hydrogens (tertiary/aromatic N) is 3. The molecular weight excluding hydrogens is 290 g/mol. The monoisotopic (exact) mass is 307 g/mol. The number of hydrogen-bond donors (Lipinski definition) is 0. The molecule has 0 aliphatic heterocycles. The summed E-state index contributed by atoms with van der Waals surface area (Å²) in [5.74, 6) is -0.252. The highest BCUT2D eigenvalue weighted by molar-refractivity contribution is 5.83. The Labute approximate surface area is 134 Å². The van der Waals surface area contributed by atoms with Crippen molar-refractivity contribution in [2.75, 3.05) is 7.11 Å². The summed E-state index contributed by atoms with van der Waals surface area (Å²) in [6.45, 7) is 3.92. The fraction of sp³-hybridized carbons (Fsp3) is 0.278. The molecule has 2 aromatic heterocycles. The van der Waals surface area contributed by atoms with E-state index in [1.807, 2.05) is 42.5 Å². The van der Waals surface area contributed by atoms with Crippen LogP contribution < -0.4 is 0 Å². The average Bonchev–Trinajstić information content (AvgIpc) is 2.94. The van der Waals surface area contributed by atoms with Gasteiger partial charge >= 0.3 is 5.97 Å². The number of aryl methyl sites for hydroxylation is 1. The smallest absolute Gasteiger partial charge is 0.305 e. The van der Waals surface area contributed by atoms with Gasteiger partial charge < -0.3 is 4.74 Å². The Morgan fingerprint density at radius 1 is 1.35 bits per heavy atom.